The quantitative estimate of drug-likeness (QED) is 0.151. The first-order valence-corrected chi connectivity index (χ1v) is 49.6. The van der Waals surface area contributed by atoms with Gasteiger partial charge in [-0.25, -0.2) is 0 Å². The number of benzene rings is 18. The molecule has 10 heteroatoms. The Hall–Kier alpha value is -15.1. The van der Waals surface area contributed by atoms with E-state index in [1.54, 1.807) is 0 Å². The summed E-state index contributed by atoms with van der Waals surface area (Å²) in [5.74, 6) is 1.78. The van der Waals surface area contributed by atoms with E-state index in [1.807, 2.05) is 42.1 Å². The molecular formula is C122H109N7OSSi. The number of rotatable bonds is 6. The first-order valence-electron chi connectivity index (χ1n) is 45.8. The smallest absolute Gasteiger partial charge is 0.151 e. The second-order valence-corrected chi connectivity index (χ2v) is 41.1. The molecule has 0 unspecified atom stereocenters. The molecule has 0 saturated heterocycles. The molecule has 8 nitrogen and oxygen atoms in total. The fourth-order valence-corrected chi connectivity index (χ4v) is 23.3. The molecule has 648 valence electrons. The maximum Gasteiger partial charge on any atom is 0.151 e. The van der Waals surface area contributed by atoms with Crippen molar-refractivity contribution in [2.24, 2.45) is 0 Å². The molecule has 0 fully saturated rings. The predicted molar refractivity (Wildman–Crippen MR) is 564 cm³/mol. The van der Waals surface area contributed by atoms with Gasteiger partial charge in [-0.15, -0.1) is 0 Å². The summed E-state index contributed by atoms with van der Waals surface area (Å²) in [6.45, 7) is 22.5. The molecule has 18 aromatic carbocycles. The lowest BCUT2D eigenvalue weighted by atomic mass is 9.73. The van der Waals surface area contributed by atoms with Crippen LogP contribution in [0.3, 0.4) is 0 Å². The van der Waals surface area contributed by atoms with E-state index in [4.69, 9.17) is 4.74 Å². The van der Waals surface area contributed by atoms with Crippen molar-refractivity contribution in [2.45, 2.75) is 96.5 Å². The van der Waals surface area contributed by atoms with Crippen molar-refractivity contribution < 1.29 is 4.74 Å². The van der Waals surface area contributed by atoms with Gasteiger partial charge in [0.05, 0.1) is 56.9 Å². The number of hydrogen-bond donors (Lipinski definition) is 0. The number of anilines is 20. The number of ether oxygens (including phenoxy) is 1. The average molecular weight is 1750 g/mol. The highest BCUT2D eigenvalue weighted by molar-refractivity contribution is 7.99. The van der Waals surface area contributed by atoms with Gasteiger partial charge in [-0.1, -0.05) is 299 Å². The SMILES string of the molecule is Cc1ccc2c(c1)CCc1ccccc1N2C.Cc1ccc2c(c1)N(c1ccccc1)c1ccccc1C2(C)C.Cc1ccc2c(c1)N(c1ccccc1)c1ccccc1N2c1ccccc1.Cc1ccc2c(c1)N(c1ccccc1)c1ccccc1O2.Cc1ccc2c(c1)N(c1ccccc1)c1ccccc1S2.Cc1ccc2c(c1)N(c1ccccc1)c1ccccc1[Si]2(C)C. The highest BCUT2D eigenvalue weighted by Crippen LogP contribution is 2.57. The van der Waals surface area contributed by atoms with Crippen LogP contribution in [0.2, 0.25) is 13.1 Å². The van der Waals surface area contributed by atoms with Crippen LogP contribution in [0.25, 0.3) is 0 Å². The van der Waals surface area contributed by atoms with Gasteiger partial charge in [0.1, 0.15) is 8.07 Å². The molecule has 0 saturated carbocycles. The Morgan fingerprint density at radius 1 is 0.235 bits per heavy atom. The van der Waals surface area contributed by atoms with Crippen molar-refractivity contribution >= 4 is 144 Å². The lowest BCUT2D eigenvalue weighted by molar-refractivity contribution is 0.477. The minimum absolute atomic E-state index is 0.00487. The summed E-state index contributed by atoms with van der Waals surface area (Å²) in [5.41, 5.74) is 37.9. The van der Waals surface area contributed by atoms with Gasteiger partial charge in [0.25, 0.3) is 0 Å². The first kappa shape index (κ1) is 86.3. The zero-order valence-corrected chi connectivity index (χ0v) is 78.7. The van der Waals surface area contributed by atoms with Crippen LogP contribution in [0, 0.1) is 41.5 Å². The van der Waals surface area contributed by atoms with E-state index in [-0.39, 0.29) is 5.41 Å². The fourth-order valence-electron chi connectivity index (χ4n) is 19.3. The highest BCUT2D eigenvalue weighted by Gasteiger charge is 2.40. The molecule has 6 aliphatic rings. The number of aryl methyl sites for hydroxylation is 8. The maximum atomic E-state index is 6.04. The molecule has 0 aromatic heterocycles. The molecule has 6 heterocycles. The van der Waals surface area contributed by atoms with Crippen LogP contribution in [0.15, 0.2) is 447 Å². The number of nitrogens with zero attached hydrogens (tertiary/aromatic N) is 7. The van der Waals surface area contributed by atoms with E-state index in [1.165, 1.54) is 172 Å². The molecule has 0 atom stereocenters. The molecule has 24 rings (SSSR count). The standard InChI is InChI=1S/C25H20N2.C22H21N.C21H21NSi.C19H15NO.C19H15NS.C16H17N/c1-19-16-17-24-25(18-19)27(21-12-6-3-7-13-21)23-15-9-8-14-22(23)26(24)20-10-4-2-5-11-20;1-16-13-14-19-21(15-16)23(17-9-5-4-6-10-17)20-12-8-7-11-18(20)22(19,2)3;1-16-13-14-21-19(15-16)22(17-9-5-4-6-10-17)18-11-7-8-12-20(18)23(21,2)3;2*1-14-11-12-19-17(13-14)20(15-7-3-2-4-8-15)16-9-5-6-10-18(16)21-19;1-12-7-10-16-14(11-12)9-8-13-5-3-4-6-15(13)17(16)2/h2-18H,1H3;2*4-15H,1-3H3;2*2-13H,1H3;3-7,10-11H,8-9H2,1-2H3. The molecule has 18 aromatic rings. The minimum atomic E-state index is -1.67. The molecule has 0 spiro atoms. The molecule has 0 bridgehead atoms. The van der Waals surface area contributed by atoms with Crippen LogP contribution in [0.4, 0.5) is 114 Å². The third-order valence-electron chi connectivity index (χ3n) is 25.8. The Bertz CT molecular complexity index is 6890. The highest BCUT2D eigenvalue weighted by atomic mass is 32.2. The van der Waals surface area contributed by atoms with Gasteiger partial charge in [-0.05, 0) is 297 Å². The molecule has 0 aliphatic carbocycles. The zero-order chi connectivity index (χ0) is 90.6. The Morgan fingerprint density at radius 2 is 0.561 bits per heavy atom. The van der Waals surface area contributed by atoms with E-state index in [2.05, 4.69) is 516 Å². The van der Waals surface area contributed by atoms with Gasteiger partial charge < -0.3 is 39.0 Å². The third kappa shape index (κ3) is 17.3. The zero-order valence-electron chi connectivity index (χ0n) is 76.9. The molecule has 0 N–H and O–H groups in total. The molecule has 132 heavy (non-hydrogen) atoms. The lowest BCUT2D eigenvalue weighted by Gasteiger charge is -2.42. The van der Waals surface area contributed by atoms with Crippen LogP contribution < -0.4 is 49.4 Å². The first-order chi connectivity index (χ1) is 64.4. The lowest BCUT2D eigenvalue weighted by Crippen LogP contribution is -2.58. The van der Waals surface area contributed by atoms with E-state index < -0.39 is 8.07 Å². The monoisotopic (exact) mass is 1750 g/mol. The number of fused-ring (bicyclic) bond motifs is 12. The summed E-state index contributed by atoms with van der Waals surface area (Å²) in [6.07, 6.45) is 2.27. The van der Waals surface area contributed by atoms with Crippen molar-refractivity contribution in [1.29, 1.82) is 0 Å². The molecule has 0 amide bonds. The van der Waals surface area contributed by atoms with E-state index >= 15 is 0 Å². The van der Waals surface area contributed by atoms with E-state index in [9.17, 15) is 0 Å². The summed E-state index contributed by atoms with van der Waals surface area (Å²) in [6, 6.07) is 155. The van der Waals surface area contributed by atoms with Crippen molar-refractivity contribution in [3.05, 3.63) is 492 Å². The van der Waals surface area contributed by atoms with Crippen molar-refractivity contribution in [1.82, 2.24) is 0 Å². The van der Waals surface area contributed by atoms with E-state index in [0.29, 0.717) is 0 Å². The topological polar surface area (TPSA) is 31.9 Å². The second-order valence-electron chi connectivity index (χ2n) is 35.7. The number of para-hydroxylation sites is 14. The second kappa shape index (κ2) is 37.6. The number of hydrogen-bond acceptors (Lipinski definition) is 9. The van der Waals surface area contributed by atoms with Crippen molar-refractivity contribution in [3.63, 3.8) is 0 Å². The van der Waals surface area contributed by atoms with Crippen LogP contribution in [-0.2, 0) is 18.3 Å². The van der Waals surface area contributed by atoms with Gasteiger partial charge in [0.2, 0.25) is 0 Å². The van der Waals surface area contributed by atoms with Crippen molar-refractivity contribution in [2.75, 3.05) is 41.3 Å². The summed E-state index contributed by atoms with van der Waals surface area (Å²) >= 11 is 1.85. The summed E-state index contributed by atoms with van der Waals surface area (Å²) < 4.78 is 6.04. The largest absolute Gasteiger partial charge is 0.453 e. The van der Waals surface area contributed by atoms with Gasteiger partial charge in [-0.3, -0.25) is 0 Å². The van der Waals surface area contributed by atoms with Gasteiger partial charge >= 0.3 is 0 Å². The van der Waals surface area contributed by atoms with Crippen LogP contribution in [0.5, 0.6) is 11.5 Å². The van der Waals surface area contributed by atoms with Gasteiger partial charge in [0, 0.05) is 79.1 Å². The van der Waals surface area contributed by atoms with Crippen molar-refractivity contribution in [3.8, 4) is 11.5 Å². The summed E-state index contributed by atoms with van der Waals surface area (Å²) in [7, 11) is 0.494. The Balaban J connectivity index is 0.000000103. The summed E-state index contributed by atoms with van der Waals surface area (Å²) in [5, 5.41) is 3.03. The fraction of sp³-hybridized carbons (Fsp3) is 0.115. The average Bonchev–Trinajstić information content (AvgIpc) is 0.746. The van der Waals surface area contributed by atoms with E-state index in [0.717, 1.165) is 41.4 Å². The molecule has 6 aliphatic heterocycles. The van der Waals surface area contributed by atoms with Gasteiger partial charge in [0.15, 0.2) is 11.5 Å². The van der Waals surface area contributed by atoms with Crippen LogP contribution in [-0.4, -0.2) is 15.1 Å². The summed E-state index contributed by atoms with van der Waals surface area (Å²) in [4.78, 5) is 19.1. The molecular weight excluding hydrogens is 1640 g/mol. The normalized spacial score (nSPS) is 13.6. The maximum absolute atomic E-state index is 6.04. The third-order valence-corrected chi connectivity index (χ3v) is 30.5. The Kier molecular flexibility index (Phi) is 24.6. The Labute approximate surface area is 784 Å². The Morgan fingerprint density at radius 3 is 1.14 bits per heavy atom. The predicted octanol–water partition coefficient (Wildman–Crippen LogP) is 33.3. The molecule has 0 radical (unpaired) electrons. The van der Waals surface area contributed by atoms with Crippen LogP contribution >= 0.6 is 11.8 Å². The minimum Gasteiger partial charge on any atom is -0.453 e. The van der Waals surface area contributed by atoms with Crippen LogP contribution in [0.1, 0.15) is 69.5 Å². The van der Waals surface area contributed by atoms with Gasteiger partial charge in [-0.2, -0.15) is 0 Å².